The van der Waals surface area contributed by atoms with Crippen LogP contribution in [0.4, 0.5) is 4.79 Å². The van der Waals surface area contributed by atoms with Gasteiger partial charge in [0.15, 0.2) is 0 Å². The van der Waals surface area contributed by atoms with Crippen LogP contribution in [-0.4, -0.2) is 37.2 Å². The number of amides is 2. The summed E-state index contributed by atoms with van der Waals surface area (Å²) >= 11 is 0. The predicted molar refractivity (Wildman–Crippen MR) is 73.8 cm³/mol. The molecule has 1 aromatic rings. The highest BCUT2D eigenvalue weighted by atomic mass is 16.5. The quantitative estimate of drug-likeness (QED) is 0.784. The molecular formula is C14H16N2O6. The highest BCUT2D eigenvalue weighted by molar-refractivity contribution is 5.95. The summed E-state index contributed by atoms with van der Waals surface area (Å²) in [6.45, 7) is 3.26. The highest BCUT2D eigenvalue weighted by Gasteiger charge is 2.30. The minimum Gasteiger partial charge on any atom is -0.472 e. The summed E-state index contributed by atoms with van der Waals surface area (Å²) < 4.78 is 14.8. The summed E-state index contributed by atoms with van der Waals surface area (Å²) in [6.07, 6.45) is 2.58. The molecule has 1 atom stereocenters. The molecule has 1 aliphatic heterocycles. The number of urea groups is 1. The van der Waals surface area contributed by atoms with Gasteiger partial charge in [0, 0.05) is 0 Å². The molecule has 8 heteroatoms. The van der Waals surface area contributed by atoms with Crippen LogP contribution in [0.25, 0.3) is 0 Å². The molecule has 2 N–H and O–H groups in total. The molecule has 1 unspecified atom stereocenters. The lowest BCUT2D eigenvalue weighted by Crippen LogP contribution is -2.50. The van der Waals surface area contributed by atoms with Crippen LogP contribution >= 0.6 is 0 Å². The highest BCUT2D eigenvalue weighted by Crippen LogP contribution is 2.15. The van der Waals surface area contributed by atoms with Gasteiger partial charge >= 0.3 is 18.0 Å². The number of rotatable bonds is 5. The second kappa shape index (κ2) is 6.79. The molecule has 22 heavy (non-hydrogen) atoms. The van der Waals surface area contributed by atoms with E-state index < -0.39 is 24.0 Å². The smallest absolute Gasteiger partial charge is 0.341 e. The molecule has 118 valence electrons. The zero-order valence-electron chi connectivity index (χ0n) is 12.2. The molecule has 0 bridgehead atoms. The van der Waals surface area contributed by atoms with Gasteiger partial charge in [0.1, 0.15) is 12.9 Å². The Morgan fingerprint density at radius 2 is 2.09 bits per heavy atom. The first kappa shape index (κ1) is 15.6. The van der Waals surface area contributed by atoms with E-state index in [1.807, 2.05) is 0 Å². The summed E-state index contributed by atoms with van der Waals surface area (Å²) in [5, 5.41) is 5.01. The molecule has 0 aliphatic carbocycles. The van der Waals surface area contributed by atoms with E-state index in [2.05, 4.69) is 10.6 Å². The number of hydrogen-bond donors (Lipinski definition) is 2. The van der Waals surface area contributed by atoms with Crippen LogP contribution < -0.4 is 10.6 Å². The topological polar surface area (TPSA) is 107 Å². The average Bonchev–Trinajstić information content (AvgIpc) is 2.98. The van der Waals surface area contributed by atoms with Crippen molar-refractivity contribution >= 4 is 18.0 Å². The summed E-state index contributed by atoms with van der Waals surface area (Å²) in [5.41, 5.74) is 0.666. The fourth-order valence-electron chi connectivity index (χ4n) is 1.99. The molecule has 0 saturated carbocycles. The fourth-order valence-corrected chi connectivity index (χ4v) is 1.99. The van der Waals surface area contributed by atoms with Crippen molar-refractivity contribution in [3.8, 4) is 0 Å². The van der Waals surface area contributed by atoms with Crippen LogP contribution in [0.3, 0.4) is 0 Å². The Hall–Kier alpha value is -2.77. The lowest BCUT2D eigenvalue weighted by atomic mass is 10.0. The van der Waals surface area contributed by atoms with Gasteiger partial charge in [-0.1, -0.05) is 0 Å². The van der Waals surface area contributed by atoms with Gasteiger partial charge in [-0.25, -0.2) is 14.4 Å². The largest absolute Gasteiger partial charge is 0.472 e. The van der Waals surface area contributed by atoms with Crippen molar-refractivity contribution in [3.63, 3.8) is 0 Å². The molecule has 8 nitrogen and oxygen atoms in total. The molecule has 2 rings (SSSR count). The summed E-state index contributed by atoms with van der Waals surface area (Å²) in [4.78, 5) is 35.3. The maximum absolute atomic E-state index is 12.0. The van der Waals surface area contributed by atoms with E-state index in [0.29, 0.717) is 0 Å². The van der Waals surface area contributed by atoms with Crippen LogP contribution in [0.5, 0.6) is 0 Å². The van der Waals surface area contributed by atoms with Crippen molar-refractivity contribution < 1.29 is 28.3 Å². The minimum absolute atomic E-state index is 0.199. The third-order valence-corrected chi connectivity index (χ3v) is 2.97. The van der Waals surface area contributed by atoms with Crippen LogP contribution in [0.15, 0.2) is 34.3 Å². The van der Waals surface area contributed by atoms with Gasteiger partial charge in [0.25, 0.3) is 0 Å². The Kier molecular flexibility index (Phi) is 4.82. The van der Waals surface area contributed by atoms with Gasteiger partial charge in [-0.2, -0.15) is 0 Å². The van der Waals surface area contributed by atoms with E-state index >= 15 is 0 Å². The molecule has 1 aromatic heterocycles. The Morgan fingerprint density at radius 3 is 2.73 bits per heavy atom. The van der Waals surface area contributed by atoms with E-state index in [4.69, 9.17) is 13.9 Å². The molecule has 0 radical (unpaired) electrons. The third kappa shape index (κ3) is 3.46. The van der Waals surface area contributed by atoms with Gasteiger partial charge in [0.05, 0.1) is 35.7 Å². The van der Waals surface area contributed by atoms with Crippen molar-refractivity contribution in [1.29, 1.82) is 0 Å². The molecule has 0 spiro atoms. The van der Waals surface area contributed by atoms with Crippen LogP contribution in [0, 0.1) is 0 Å². The molecule has 2 amide bonds. The van der Waals surface area contributed by atoms with Crippen molar-refractivity contribution in [2.24, 2.45) is 0 Å². The molecule has 2 heterocycles. The second-order valence-electron chi connectivity index (χ2n) is 4.52. The Labute approximate surface area is 126 Å². The Morgan fingerprint density at radius 1 is 1.32 bits per heavy atom. The lowest BCUT2D eigenvalue weighted by Gasteiger charge is -2.26. The number of nitrogens with one attached hydrogen (secondary N) is 2. The average molecular weight is 308 g/mol. The molecule has 0 aromatic carbocycles. The van der Waals surface area contributed by atoms with Gasteiger partial charge < -0.3 is 24.5 Å². The number of furan rings is 1. The monoisotopic (exact) mass is 308 g/mol. The molecule has 1 aliphatic rings. The number of carbonyl (C=O) groups excluding carboxylic acids is 3. The van der Waals surface area contributed by atoms with Crippen LogP contribution in [0.1, 0.15) is 24.2 Å². The predicted octanol–water partition coefficient (Wildman–Crippen LogP) is 0.955. The van der Waals surface area contributed by atoms with E-state index in [1.54, 1.807) is 13.8 Å². The maximum Gasteiger partial charge on any atom is 0.341 e. The Balaban J connectivity index is 2.15. The Bertz CT molecular complexity index is 605. The normalized spacial score (nSPS) is 17.5. The summed E-state index contributed by atoms with van der Waals surface area (Å²) in [6, 6.07) is 0.428. The fraction of sp³-hybridized carbons (Fsp3) is 0.357. The van der Waals surface area contributed by atoms with Crippen molar-refractivity contribution in [3.05, 3.63) is 35.4 Å². The van der Waals surface area contributed by atoms with E-state index in [-0.39, 0.29) is 30.0 Å². The summed E-state index contributed by atoms with van der Waals surface area (Å²) in [5.74, 6) is -1.19. The number of ether oxygens (including phenoxy) is 2. The van der Waals surface area contributed by atoms with E-state index in [0.717, 1.165) is 0 Å². The number of carbonyl (C=O) groups is 3. The third-order valence-electron chi connectivity index (χ3n) is 2.97. The zero-order chi connectivity index (χ0) is 16.1. The molecular weight excluding hydrogens is 292 g/mol. The van der Waals surface area contributed by atoms with E-state index in [1.165, 1.54) is 18.6 Å². The lowest BCUT2D eigenvalue weighted by molar-refractivity contribution is -0.139. The molecule has 0 saturated heterocycles. The first-order valence-electron chi connectivity index (χ1n) is 6.70. The van der Waals surface area contributed by atoms with Gasteiger partial charge in [-0.3, -0.25) is 0 Å². The first-order valence-corrected chi connectivity index (χ1v) is 6.70. The number of hydrogen-bond acceptors (Lipinski definition) is 6. The second-order valence-corrected chi connectivity index (χ2v) is 4.52. The standard InChI is InChI=1S/C14H16N2O6/c1-3-21-13(18)11-8(2)15-14(19)16-10(11)7-22-12(17)9-4-5-20-6-9/h4-6,8H,3,7H2,1-2H3,(H2,15,16,19). The SMILES string of the molecule is CCOC(=O)C1=C(COC(=O)c2ccoc2)NC(=O)NC1C. The molecule has 0 fully saturated rings. The van der Waals surface area contributed by atoms with Gasteiger partial charge in [-0.15, -0.1) is 0 Å². The maximum atomic E-state index is 12.0. The van der Waals surface area contributed by atoms with Crippen LogP contribution in [0.2, 0.25) is 0 Å². The first-order chi connectivity index (χ1) is 10.5. The zero-order valence-corrected chi connectivity index (χ0v) is 12.2. The van der Waals surface area contributed by atoms with E-state index in [9.17, 15) is 14.4 Å². The van der Waals surface area contributed by atoms with Gasteiger partial charge in [0.2, 0.25) is 0 Å². The van der Waals surface area contributed by atoms with Gasteiger partial charge in [-0.05, 0) is 19.9 Å². The number of esters is 2. The van der Waals surface area contributed by atoms with Crippen LogP contribution in [-0.2, 0) is 14.3 Å². The summed E-state index contributed by atoms with van der Waals surface area (Å²) in [7, 11) is 0. The van der Waals surface area contributed by atoms with Crippen molar-refractivity contribution in [1.82, 2.24) is 10.6 Å². The van der Waals surface area contributed by atoms with Crippen molar-refractivity contribution in [2.45, 2.75) is 19.9 Å². The van der Waals surface area contributed by atoms with Crippen molar-refractivity contribution in [2.75, 3.05) is 13.2 Å². The minimum atomic E-state index is -0.620.